The molecule has 2 aromatic heterocycles. The number of rotatable bonds is 7. The van der Waals surface area contributed by atoms with Gasteiger partial charge in [-0.15, -0.1) is 0 Å². The second-order valence-electron chi connectivity index (χ2n) is 21.6. The van der Waals surface area contributed by atoms with Gasteiger partial charge in [0, 0.05) is 21.1 Å². The van der Waals surface area contributed by atoms with E-state index in [1.807, 2.05) is 12.3 Å². The summed E-state index contributed by atoms with van der Waals surface area (Å²) in [6, 6.07) is 76.2. The van der Waals surface area contributed by atoms with E-state index < -0.39 is 13.3 Å². The Labute approximate surface area is 451 Å². The fraction of sp³-hybridized carbons (Fsp3) is 0.134. The molecule has 0 fully saturated rings. The molecule has 4 aliphatic rings. The Hall–Kier alpha value is -7.18. The first-order chi connectivity index (χ1) is 35.6. The number of aromatic nitrogens is 2. The molecule has 1 unspecified atom stereocenters. The molecule has 0 N–H and O–H groups in total. The summed E-state index contributed by atoms with van der Waals surface area (Å²) in [5.41, 5.74) is 16.4. The third-order valence-electron chi connectivity index (χ3n) is 16.2. The number of allylic oxidation sites excluding steroid dienone is 1. The molecule has 5 nitrogen and oxygen atoms in total. The van der Waals surface area contributed by atoms with Crippen LogP contribution in [0.3, 0.4) is 0 Å². The monoisotopic (exact) mass is 1200 g/mol. The summed E-state index contributed by atoms with van der Waals surface area (Å²) in [6.45, 7) is 13.9. The van der Waals surface area contributed by atoms with Crippen molar-refractivity contribution in [2.24, 2.45) is 0 Å². The summed E-state index contributed by atoms with van der Waals surface area (Å²) in [5, 5.41) is 1.33. The molecular formula is C67H53GeN4OPt-3. The number of para-hydroxylation sites is 3. The van der Waals surface area contributed by atoms with Gasteiger partial charge in [-0.2, -0.15) is 0 Å². The van der Waals surface area contributed by atoms with Crippen LogP contribution in [0.15, 0.2) is 200 Å². The number of fused-ring (bicyclic) bond motifs is 7. The Kier molecular flexibility index (Phi) is 11.0. The van der Waals surface area contributed by atoms with Gasteiger partial charge >= 0.3 is 344 Å². The number of hydrogen-bond acceptors (Lipinski definition) is 4. The maximum atomic E-state index is 7.23. The van der Waals surface area contributed by atoms with Crippen molar-refractivity contribution in [1.29, 1.82) is 0 Å². The molecule has 0 bridgehead atoms. The van der Waals surface area contributed by atoms with Crippen molar-refractivity contribution in [1.82, 2.24) is 9.55 Å². The second-order valence-corrected chi connectivity index (χ2v) is 29.8. The minimum absolute atomic E-state index is 0. The molecule has 0 amide bonds. The first-order valence-electron chi connectivity index (χ1n) is 25.6. The summed E-state index contributed by atoms with van der Waals surface area (Å²) < 4.78 is 14.5. The van der Waals surface area contributed by atoms with Crippen LogP contribution in [0, 0.1) is 18.8 Å². The van der Waals surface area contributed by atoms with Crippen LogP contribution in [0.4, 0.5) is 22.7 Å². The number of anilines is 4. The third kappa shape index (κ3) is 6.89. The van der Waals surface area contributed by atoms with Gasteiger partial charge in [-0.3, -0.25) is 0 Å². The zero-order chi connectivity index (χ0) is 49.2. The third-order valence-corrected chi connectivity index (χ3v) is 27.5. The van der Waals surface area contributed by atoms with Gasteiger partial charge < -0.3 is 0 Å². The van der Waals surface area contributed by atoms with Gasteiger partial charge in [0.25, 0.3) is 0 Å². The maximum Gasteiger partial charge on any atom is 0 e. The van der Waals surface area contributed by atoms with E-state index in [1.54, 1.807) is 8.79 Å². The minimum Gasteiger partial charge on any atom is 0 e. The summed E-state index contributed by atoms with van der Waals surface area (Å²) >= 11 is -3.63. The number of benzene rings is 8. The molecule has 1 aliphatic carbocycles. The molecule has 5 heterocycles. The summed E-state index contributed by atoms with van der Waals surface area (Å²) in [4.78, 5) is 9.71. The predicted molar refractivity (Wildman–Crippen MR) is 302 cm³/mol. The molecule has 7 heteroatoms. The van der Waals surface area contributed by atoms with Crippen LogP contribution in [0.5, 0.6) is 11.5 Å². The van der Waals surface area contributed by atoms with Crippen LogP contribution < -0.4 is 27.7 Å². The number of nitrogens with zero attached hydrogens (tertiary/aromatic N) is 4. The number of pyridine rings is 1. The quantitative estimate of drug-likeness (QED) is 0.118. The number of ether oxygens (including phenoxy) is 1. The van der Waals surface area contributed by atoms with Gasteiger partial charge in [-0.25, -0.2) is 0 Å². The second kappa shape index (κ2) is 17.5. The van der Waals surface area contributed by atoms with Gasteiger partial charge in [0.05, 0.1) is 0 Å². The zero-order valence-electron chi connectivity index (χ0n) is 42.0. The van der Waals surface area contributed by atoms with Crippen LogP contribution in [0.1, 0.15) is 73.7 Å². The van der Waals surface area contributed by atoms with E-state index in [2.05, 4.69) is 262 Å². The van der Waals surface area contributed by atoms with Crippen LogP contribution in [0.2, 0.25) is 0 Å². The molecule has 8 aromatic carbocycles. The summed E-state index contributed by atoms with van der Waals surface area (Å²) in [6.07, 6.45) is 7.75. The van der Waals surface area contributed by atoms with Crippen LogP contribution in [-0.4, -0.2) is 22.8 Å². The molecule has 10 aromatic rings. The Bertz CT molecular complexity index is 3780. The van der Waals surface area contributed by atoms with Gasteiger partial charge in [0.2, 0.25) is 0 Å². The molecular weight excluding hydrogens is 1140 g/mol. The minimum atomic E-state index is -3.63. The van der Waals surface area contributed by atoms with Crippen molar-refractivity contribution in [3.63, 3.8) is 0 Å². The Morgan fingerprint density at radius 2 is 1.24 bits per heavy atom. The Morgan fingerprint density at radius 1 is 0.635 bits per heavy atom. The fourth-order valence-electron chi connectivity index (χ4n) is 12.9. The van der Waals surface area contributed by atoms with Crippen molar-refractivity contribution in [2.75, 3.05) is 9.80 Å². The molecule has 74 heavy (non-hydrogen) atoms. The normalized spacial score (nSPS) is 16.2. The average Bonchev–Trinajstić information content (AvgIpc) is 4.14. The van der Waals surface area contributed by atoms with Crippen LogP contribution >= 0.6 is 0 Å². The van der Waals surface area contributed by atoms with Crippen molar-refractivity contribution in [3.8, 4) is 39.6 Å². The van der Waals surface area contributed by atoms with Crippen molar-refractivity contribution >= 4 is 66.2 Å². The van der Waals surface area contributed by atoms with Gasteiger partial charge in [-0.05, 0) is 11.1 Å². The van der Waals surface area contributed by atoms with E-state index in [-0.39, 0.29) is 31.9 Å². The van der Waals surface area contributed by atoms with Crippen molar-refractivity contribution < 1.29 is 25.8 Å². The first-order valence-corrected chi connectivity index (χ1v) is 29.9. The number of hydrogen-bond donors (Lipinski definition) is 0. The molecule has 3 aliphatic heterocycles. The van der Waals surface area contributed by atoms with E-state index >= 15 is 0 Å². The maximum absolute atomic E-state index is 7.23. The molecule has 1 spiro atoms. The van der Waals surface area contributed by atoms with E-state index in [0.29, 0.717) is 16.2 Å². The largest absolute Gasteiger partial charge is 0 e. The topological polar surface area (TPSA) is 33.5 Å². The van der Waals surface area contributed by atoms with Crippen molar-refractivity contribution in [3.05, 3.63) is 247 Å². The molecule has 0 radical (unpaired) electrons. The molecule has 0 saturated heterocycles. The standard InChI is InChI=1S/C67H53GeN4O.Pt/c1-66(2,3)46-37-38-69-62(39-46)72-60-36-20-33-56-63(60)64-57(68(56)54-31-14-12-29-52(54)67(4,5)53-30-13-15-32-55(53)68)41-49(42-61(64)72)73-48-26-18-25-47(40-48)70-43-71(59-35-17-16-34-58(59)70)65-50(44-21-8-6-9-22-44)27-19-28-51(65)45-23-10-7-11-24-45;/h6-32,34-39,41,43,56H,33H2,1-5H3;/q-3;. The molecule has 364 valence electrons. The fourth-order valence-corrected chi connectivity index (χ4v) is 26.7. The smallest absolute Gasteiger partial charge is 0 e. The van der Waals surface area contributed by atoms with Gasteiger partial charge in [0.15, 0.2) is 0 Å². The van der Waals surface area contributed by atoms with Crippen LogP contribution in [-0.2, 0) is 31.9 Å². The summed E-state index contributed by atoms with van der Waals surface area (Å²) in [5.74, 6) is 2.22. The van der Waals surface area contributed by atoms with Crippen molar-refractivity contribution in [2.45, 2.75) is 56.6 Å². The molecule has 14 rings (SSSR count). The summed E-state index contributed by atoms with van der Waals surface area (Å²) in [7, 11) is 0. The van der Waals surface area contributed by atoms with Gasteiger partial charge in [-0.1, -0.05) is 78.9 Å². The van der Waals surface area contributed by atoms with Crippen LogP contribution in [0.25, 0.3) is 45.1 Å². The van der Waals surface area contributed by atoms with E-state index in [9.17, 15) is 0 Å². The van der Waals surface area contributed by atoms with E-state index in [0.717, 1.165) is 62.8 Å². The molecule has 1 atom stereocenters. The Balaban J connectivity index is 0.00000528. The zero-order valence-corrected chi connectivity index (χ0v) is 46.4. The molecule has 0 saturated carbocycles. The van der Waals surface area contributed by atoms with E-state index in [4.69, 9.17) is 9.72 Å². The Morgan fingerprint density at radius 3 is 1.91 bits per heavy atom. The van der Waals surface area contributed by atoms with Gasteiger partial charge in [0.1, 0.15) is 0 Å². The SMILES string of the molecule is CC(C)(C)c1ccnc(-n2c3c4c5[c](cc(Oc6[c-]c(N7[CH-]N(c8c(-c9ccccc9)cccc8-c8ccccc8)c8ccccc87)ccc6)[c-]c52)[Ge]2([c]5ccccc5C(C)(C)c5cccc[c]52)[CH]4CC=C3)c1.[Pt]. The average molecular weight is 1200 g/mol. The predicted octanol–water partition coefficient (Wildman–Crippen LogP) is 14.6. The van der Waals surface area contributed by atoms with E-state index in [1.165, 1.54) is 37.7 Å². The first kappa shape index (κ1) is 46.6.